The largest absolute Gasteiger partial charge is 0.573 e. The molecule has 0 unspecified atom stereocenters. The molecule has 2 aromatic rings. The van der Waals surface area contributed by atoms with Crippen molar-refractivity contribution in [2.24, 2.45) is 5.73 Å². The summed E-state index contributed by atoms with van der Waals surface area (Å²) in [6.07, 6.45) is -4.81. The van der Waals surface area contributed by atoms with Crippen LogP contribution in [0.5, 0.6) is 11.5 Å². The standard InChI is InChI=1S/C15H10F4N2O2/c16-12-6-5-10(14(22)11(12)7-20)13(21)8-1-3-9(4-2-8)23-15(17,18)19/h1-6,13,22H,21H2/t13-/m0/s1. The molecule has 0 spiro atoms. The molecule has 2 aromatic carbocycles. The van der Waals surface area contributed by atoms with Gasteiger partial charge >= 0.3 is 6.36 Å². The molecule has 0 aliphatic heterocycles. The Labute approximate surface area is 128 Å². The maximum absolute atomic E-state index is 13.4. The minimum absolute atomic E-state index is 0.0763. The first-order valence-corrected chi connectivity index (χ1v) is 6.25. The maximum Gasteiger partial charge on any atom is 0.573 e. The number of nitriles is 1. The highest BCUT2D eigenvalue weighted by Gasteiger charge is 2.31. The fourth-order valence-corrected chi connectivity index (χ4v) is 2.00. The first kappa shape index (κ1) is 16.6. The van der Waals surface area contributed by atoms with Gasteiger partial charge < -0.3 is 15.6 Å². The van der Waals surface area contributed by atoms with Crippen molar-refractivity contribution in [2.75, 3.05) is 0 Å². The molecule has 0 bridgehead atoms. The van der Waals surface area contributed by atoms with Crippen LogP contribution in [0.3, 0.4) is 0 Å². The number of hydrogen-bond donors (Lipinski definition) is 2. The van der Waals surface area contributed by atoms with E-state index in [9.17, 15) is 22.7 Å². The molecule has 0 radical (unpaired) electrons. The Morgan fingerprint density at radius 2 is 1.74 bits per heavy atom. The number of phenolic OH excluding ortho intramolecular Hbond substituents is 1. The molecule has 0 heterocycles. The highest BCUT2D eigenvalue weighted by atomic mass is 19.4. The van der Waals surface area contributed by atoms with Crippen molar-refractivity contribution in [3.05, 3.63) is 58.9 Å². The highest BCUT2D eigenvalue weighted by Crippen LogP contribution is 2.32. The van der Waals surface area contributed by atoms with Crippen LogP contribution in [-0.4, -0.2) is 11.5 Å². The Kier molecular flexibility index (Phi) is 4.43. The van der Waals surface area contributed by atoms with Crippen molar-refractivity contribution in [3.8, 4) is 17.6 Å². The fraction of sp³-hybridized carbons (Fsp3) is 0.133. The summed E-state index contributed by atoms with van der Waals surface area (Å²) >= 11 is 0. The Morgan fingerprint density at radius 1 is 1.13 bits per heavy atom. The predicted molar refractivity (Wildman–Crippen MR) is 71.9 cm³/mol. The van der Waals surface area contributed by atoms with Gasteiger partial charge in [0.05, 0.1) is 6.04 Å². The summed E-state index contributed by atoms with van der Waals surface area (Å²) in [6, 6.07) is 7.43. The normalized spacial score (nSPS) is 12.5. The average Bonchev–Trinajstić information content (AvgIpc) is 2.46. The smallest absolute Gasteiger partial charge is 0.506 e. The number of halogens is 4. The molecule has 0 aromatic heterocycles. The van der Waals surface area contributed by atoms with E-state index in [2.05, 4.69) is 4.74 Å². The van der Waals surface area contributed by atoms with E-state index in [-0.39, 0.29) is 5.56 Å². The van der Waals surface area contributed by atoms with E-state index in [0.717, 1.165) is 18.2 Å². The number of alkyl halides is 3. The molecule has 0 saturated carbocycles. The van der Waals surface area contributed by atoms with Crippen LogP contribution in [0.2, 0.25) is 0 Å². The van der Waals surface area contributed by atoms with E-state index < -0.39 is 35.3 Å². The van der Waals surface area contributed by atoms with Gasteiger partial charge in [-0.3, -0.25) is 0 Å². The summed E-state index contributed by atoms with van der Waals surface area (Å²) in [7, 11) is 0. The van der Waals surface area contributed by atoms with Crippen LogP contribution in [0, 0.1) is 17.1 Å². The van der Waals surface area contributed by atoms with Crippen LogP contribution >= 0.6 is 0 Å². The lowest BCUT2D eigenvalue weighted by molar-refractivity contribution is -0.274. The summed E-state index contributed by atoms with van der Waals surface area (Å²) in [5, 5.41) is 18.7. The highest BCUT2D eigenvalue weighted by molar-refractivity contribution is 5.51. The van der Waals surface area contributed by atoms with Crippen molar-refractivity contribution in [1.29, 1.82) is 5.26 Å². The minimum Gasteiger partial charge on any atom is -0.506 e. The number of nitrogens with two attached hydrogens (primary N) is 1. The number of phenols is 1. The van der Waals surface area contributed by atoms with Gasteiger partial charge in [-0.2, -0.15) is 5.26 Å². The van der Waals surface area contributed by atoms with E-state index in [1.165, 1.54) is 24.3 Å². The lowest BCUT2D eigenvalue weighted by Crippen LogP contribution is -2.17. The molecule has 120 valence electrons. The number of benzene rings is 2. The van der Waals surface area contributed by atoms with E-state index in [0.29, 0.717) is 5.56 Å². The molecule has 4 nitrogen and oxygen atoms in total. The molecule has 23 heavy (non-hydrogen) atoms. The molecule has 0 saturated heterocycles. The lowest BCUT2D eigenvalue weighted by Gasteiger charge is -2.16. The Hall–Kier alpha value is -2.79. The molecule has 0 amide bonds. The SMILES string of the molecule is N#Cc1c(F)ccc([C@@H](N)c2ccc(OC(F)(F)F)cc2)c1O. The molecule has 3 N–H and O–H groups in total. The molecule has 0 aliphatic rings. The van der Waals surface area contributed by atoms with Gasteiger partial charge in [-0.05, 0) is 23.8 Å². The van der Waals surface area contributed by atoms with Crippen LogP contribution in [0.25, 0.3) is 0 Å². The molecule has 0 fully saturated rings. The molecule has 8 heteroatoms. The quantitative estimate of drug-likeness (QED) is 0.848. The van der Waals surface area contributed by atoms with Crippen molar-refractivity contribution in [2.45, 2.75) is 12.4 Å². The lowest BCUT2D eigenvalue weighted by atomic mass is 9.96. The maximum atomic E-state index is 13.4. The van der Waals surface area contributed by atoms with Crippen LogP contribution < -0.4 is 10.5 Å². The van der Waals surface area contributed by atoms with Gasteiger partial charge in [-0.1, -0.05) is 18.2 Å². The topological polar surface area (TPSA) is 79.3 Å². The van der Waals surface area contributed by atoms with Gasteiger partial charge in [0.1, 0.15) is 28.9 Å². The van der Waals surface area contributed by atoms with Crippen LogP contribution in [0.1, 0.15) is 22.7 Å². The van der Waals surface area contributed by atoms with Crippen molar-refractivity contribution in [1.82, 2.24) is 0 Å². The molecule has 0 aliphatic carbocycles. The van der Waals surface area contributed by atoms with Gasteiger partial charge in [0, 0.05) is 5.56 Å². The molecular weight excluding hydrogens is 316 g/mol. The second-order valence-corrected chi connectivity index (χ2v) is 4.57. The Balaban J connectivity index is 2.31. The van der Waals surface area contributed by atoms with Crippen molar-refractivity contribution >= 4 is 0 Å². The van der Waals surface area contributed by atoms with Crippen LogP contribution in [-0.2, 0) is 0 Å². The summed E-state index contributed by atoms with van der Waals surface area (Å²) in [5.74, 6) is -1.92. The third kappa shape index (κ3) is 3.70. The van der Waals surface area contributed by atoms with Crippen LogP contribution in [0.4, 0.5) is 17.6 Å². The molecule has 2 rings (SSSR count). The van der Waals surface area contributed by atoms with Gasteiger partial charge in [0.15, 0.2) is 0 Å². The zero-order valence-corrected chi connectivity index (χ0v) is 11.4. The second kappa shape index (κ2) is 6.14. The van der Waals surface area contributed by atoms with E-state index in [1.807, 2.05) is 0 Å². The number of hydrogen-bond acceptors (Lipinski definition) is 4. The molecular formula is C15H10F4N2O2. The monoisotopic (exact) mass is 326 g/mol. The zero-order chi connectivity index (χ0) is 17.2. The second-order valence-electron chi connectivity index (χ2n) is 4.57. The van der Waals surface area contributed by atoms with Crippen molar-refractivity contribution in [3.63, 3.8) is 0 Å². The van der Waals surface area contributed by atoms with Gasteiger partial charge in [0.25, 0.3) is 0 Å². The third-order valence-corrected chi connectivity index (χ3v) is 3.08. The molecule has 1 atom stereocenters. The predicted octanol–water partition coefficient (Wildman–Crippen LogP) is 3.35. The zero-order valence-electron chi connectivity index (χ0n) is 11.4. The van der Waals surface area contributed by atoms with Crippen molar-refractivity contribution < 1.29 is 27.4 Å². The average molecular weight is 326 g/mol. The number of nitrogens with zero attached hydrogens (tertiary/aromatic N) is 1. The van der Waals surface area contributed by atoms with Gasteiger partial charge in [-0.15, -0.1) is 13.2 Å². The van der Waals surface area contributed by atoms with Gasteiger partial charge in [-0.25, -0.2) is 4.39 Å². The van der Waals surface area contributed by atoms with E-state index >= 15 is 0 Å². The minimum atomic E-state index is -4.81. The number of rotatable bonds is 3. The van der Waals surface area contributed by atoms with Gasteiger partial charge in [0.2, 0.25) is 0 Å². The number of ether oxygens (including phenoxy) is 1. The van der Waals surface area contributed by atoms with E-state index in [4.69, 9.17) is 11.0 Å². The Morgan fingerprint density at radius 3 is 2.26 bits per heavy atom. The summed E-state index contributed by atoms with van der Waals surface area (Å²) < 4.78 is 53.4. The summed E-state index contributed by atoms with van der Waals surface area (Å²) in [6.45, 7) is 0. The number of aromatic hydroxyl groups is 1. The summed E-state index contributed by atoms with van der Waals surface area (Å²) in [4.78, 5) is 0. The first-order chi connectivity index (χ1) is 10.7. The Bertz CT molecular complexity index is 752. The van der Waals surface area contributed by atoms with Crippen LogP contribution in [0.15, 0.2) is 36.4 Å². The summed E-state index contributed by atoms with van der Waals surface area (Å²) in [5.41, 5.74) is 5.80. The third-order valence-electron chi connectivity index (χ3n) is 3.08. The van der Waals surface area contributed by atoms with E-state index in [1.54, 1.807) is 0 Å². The fourth-order valence-electron chi connectivity index (χ4n) is 2.00. The first-order valence-electron chi connectivity index (χ1n) is 6.25.